The summed E-state index contributed by atoms with van der Waals surface area (Å²) in [5.41, 5.74) is 13.2. The topological polar surface area (TPSA) is 76.1 Å². The number of nitrogens with zero attached hydrogens (tertiary/aromatic N) is 2. The maximum Gasteiger partial charge on any atom is 0.233 e. The molecule has 0 unspecified atom stereocenters. The summed E-state index contributed by atoms with van der Waals surface area (Å²) < 4.78 is 7.45. The summed E-state index contributed by atoms with van der Waals surface area (Å²) in [6.07, 6.45) is 3.39. The van der Waals surface area contributed by atoms with E-state index in [2.05, 4.69) is 47.2 Å². The Morgan fingerprint density at radius 2 is 1.82 bits per heavy atom. The van der Waals surface area contributed by atoms with E-state index in [4.69, 9.17) is 15.5 Å². The van der Waals surface area contributed by atoms with Crippen molar-refractivity contribution in [3.05, 3.63) is 30.3 Å². The van der Waals surface area contributed by atoms with Gasteiger partial charge in [0.15, 0.2) is 0 Å². The third-order valence-electron chi connectivity index (χ3n) is 4.87. The largest absolute Gasteiger partial charge is 0.397 e. The summed E-state index contributed by atoms with van der Waals surface area (Å²) in [5.74, 6) is 0. The maximum atomic E-state index is 6.33. The fourth-order valence-electron chi connectivity index (χ4n) is 3.42. The van der Waals surface area contributed by atoms with Gasteiger partial charge in [-0.3, -0.25) is 0 Å². The highest BCUT2D eigenvalue weighted by molar-refractivity contribution is 5.89. The first-order chi connectivity index (χ1) is 13.7. The van der Waals surface area contributed by atoms with E-state index in [1.165, 1.54) is 12.8 Å². The molecular formula is C22H32N5O+. The SMILES string of the molecule is CCCCNc1ccc2nc3cc(NCCOC)c(N)cc3[n+](CCC)c2c1. The molecule has 3 rings (SSSR count). The first-order valence-corrected chi connectivity index (χ1v) is 10.2. The molecule has 0 aliphatic rings. The van der Waals surface area contributed by atoms with E-state index < -0.39 is 0 Å². The van der Waals surface area contributed by atoms with E-state index in [-0.39, 0.29) is 0 Å². The Hall–Kier alpha value is -2.60. The fourth-order valence-corrected chi connectivity index (χ4v) is 3.42. The van der Waals surface area contributed by atoms with E-state index in [1.54, 1.807) is 7.11 Å². The minimum atomic E-state index is 0.631. The second-order valence-corrected chi connectivity index (χ2v) is 7.10. The van der Waals surface area contributed by atoms with Gasteiger partial charge in [0.2, 0.25) is 11.0 Å². The zero-order chi connectivity index (χ0) is 19.9. The van der Waals surface area contributed by atoms with Crippen molar-refractivity contribution in [3.63, 3.8) is 0 Å². The summed E-state index contributed by atoms with van der Waals surface area (Å²) in [7, 11) is 1.69. The van der Waals surface area contributed by atoms with E-state index >= 15 is 0 Å². The highest BCUT2D eigenvalue weighted by atomic mass is 16.5. The standard InChI is InChI=1S/C22H31N5O/c1-4-6-9-24-16-7-8-18-21(13-16)27(11-5-2)22-14-17(23)19(15-20(22)26-18)25-10-12-28-3/h7-8,13-15H,4-6,9-12H2,1-3H3,(H3,23,24,25,26)/p+1. The van der Waals surface area contributed by atoms with Crippen LogP contribution in [0.5, 0.6) is 0 Å². The van der Waals surface area contributed by atoms with Crippen LogP contribution in [0.3, 0.4) is 0 Å². The molecule has 0 saturated heterocycles. The molecule has 1 heterocycles. The number of nitrogens with one attached hydrogen (secondary N) is 2. The minimum absolute atomic E-state index is 0.631. The molecule has 0 atom stereocenters. The number of aromatic nitrogens is 2. The molecule has 0 saturated carbocycles. The van der Waals surface area contributed by atoms with Gasteiger partial charge >= 0.3 is 0 Å². The first-order valence-electron chi connectivity index (χ1n) is 10.2. The van der Waals surface area contributed by atoms with Crippen LogP contribution < -0.4 is 20.9 Å². The molecule has 0 radical (unpaired) electrons. The molecule has 0 bridgehead atoms. The monoisotopic (exact) mass is 382 g/mol. The molecule has 3 aromatic rings. The van der Waals surface area contributed by atoms with Crippen LogP contribution in [0.2, 0.25) is 0 Å². The normalized spacial score (nSPS) is 11.2. The van der Waals surface area contributed by atoms with Crippen molar-refractivity contribution >= 4 is 39.1 Å². The van der Waals surface area contributed by atoms with E-state index in [0.717, 1.165) is 58.6 Å². The number of methoxy groups -OCH3 is 1. The average Bonchev–Trinajstić information content (AvgIpc) is 2.69. The molecule has 1 aromatic heterocycles. The number of ether oxygens (including phenoxy) is 1. The second kappa shape index (κ2) is 9.55. The van der Waals surface area contributed by atoms with Crippen LogP contribution >= 0.6 is 0 Å². The van der Waals surface area contributed by atoms with Crippen LogP contribution in [0.1, 0.15) is 33.1 Å². The van der Waals surface area contributed by atoms with Gasteiger partial charge in [0, 0.05) is 44.4 Å². The van der Waals surface area contributed by atoms with Crippen LogP contribution in [-0.4, -0.2) is 31.8 Å². The van der Waals surface area contributed by atoms with Gasteiger partial charge in [-0.25, -0.2) is 4.98 Å². The highest BCUT2D eigenvalue weighted by Gasteiger charge is 2.18. The molecule has 28 heavy (non-hydrogen) atoms. The smallest absolute Gasteiger partial charge is 0.233 e. The molecule has 0 amide bonds. The third kappa shape index (κ3) is 4.44. The van der Waals surface area contributed by atoms with Crippen molar-refractivity contribution in [1.29, 1.82) is 0 Å². The zero-order valence-corrected chi connectivity index (χ0v) is 17.2. The molecule has 150 valence electrons. The lowest BCUT2D eigenvalue weighted by Crippen LogP contribution is -2.36. The van der Waals surface area contributed by atoms with Gasteiger partial charge in [0.05, 0.1) is 18.0 Å². The van der Waals surface area contributed by atoms with Gasteiger partial charge in [-0.2, -0.15) is 4.57 Å². The number of benzene rings is 2. The van der Waals surface area contributed by atoms with Crippen molar-refractivity contribution in [2.45, 2.75) is 39.7 Å². The lowest BCUT2D eigenvalue weighted by Gasteiger charge is -2.12. The van der Waals surface area contributed by atoms with Gasteiger partial charge < -0.3 is 21.1 Å². The number of nitrogens with two attached hydrogens (primary N) is 1. The molecule has 6 heteroatoms. The van der Waals surface area contributed by atoms with Gasteiger partial charge in [0.25, 0.3) is 0 Å². The van der Waals surface area contributed by atoms with Crippen LogP contribution in [0.4, 0.5) is 17.1 Å². The average molecular weight is 383 g/mol. The fraction of sp³-hybridized carbons (Fsp3) is 0.455. The number of unbranched alkanes of at least 4 members (excludes halogenated alkanes) is 1. The molecule has 0 aliphatic carbocycles. The number of anilines is 3. The van der Waals surface area contributed by atoms with Gasteiger partial charge in [-0.15, -0.1) is 0 Å². The zero-order valence-electron chi connectivity index (χ0n) is 17.2. The summed E-state index contributed by atoms with van der Waals surface area (Å²) in [6.45, 7) is 7.65. The van der Waals surface area contributed by atoms with Crippen LogP contribution in [-0.2, 0) is 11.3 Å². The van der Waals surface area contributed by atoms with Crippen LogP contribution in [0.15, 0.2) is 30.3 Å². The Labute approximate surface area is 167 Å². The predicted octanol–water partition coefficient (Wildman–Crippen LogP) is 3.94. The Bertz CT molecular complexity index is 941. The summed E-state index contributed by atoms with van der Waals surface area (Å²) in [5, 5.41) is 6.85. The molecule has 0 fully saturated rings. The van der Waals surface area contributed by atoms with Crippen molar-refractivity contribution in [2.24, 2.45) is 0 Å². The maximum absolute atomic E-state index is 6.33. The van der Waals surface area contributed by atoms with E-state index in [9.17, 15) is 0 Å². The van der Waals surface area contributed by atoms with E-state index in [1.807, 2.05) is 12.1 Å². The van der Waals surface area contributed by atoms with Crippen LogP contribution in [0.25, 0.3) is 22.1 Å². The number of aryl methyl sites for hydroxylation is 1. The molecular weight excluding hydrogens is 350 g/mol. The van der Waals surface area contributed by atoms with Crippen molar-refractivity contribution in [2.75, 3.05) is 43.2 Å². The van der Waals surface area contributed by atoms with Crippen LogP contribution in [0, 0.1) is 0 Å². The van der Waals surface area contributed by atoms with Crippen molar-refractivity contribution < 1.29 is 9.30 Å². The summed E-state index contributed by atoms with van der Waals surface area (Å²) in [4.78, 5) is 4.91. The number of fused-ring (bicyclic) bond motifs is 2. The Morgan fingerprint density at radius 3 is 2.57 bits per heavy atom. The molecule has 0 spiro atoms. The summed E-state index contributed by atoms with van der Waals surface area (Å²) in [6, 6.07) is 10.5. The first kappa shape index (κ1) is 20.1. The summed E-state index contributed by atoms with van der Waals surface area (Å²) >= 11 is 0. The van der Waals surface area contributed by atoms with Gasteiger partial charge in [-0.1, -0.05) is 20.3 Å². The molecule has 0 aliphatic heterocycles. The Balaban J connectivity index is 2.07. The minimum Gasteiger partial charge on any atom is -0.397 e. The Morgan fingerprint density at radius 1 is 1.00 bits per heavy atom. The van der Waals surface area contributed by atoms with Gasteiger partial charge in [0.1, 0.15) is 17.6 Å². The Kier molecular flexibility index (Phi) is 6.87. The van der Waals surface area contributed by atoms with E-state index in [0.29, 0.717) is 13.2 Å². The highest BCUT2D eigenvalue weighted by Crippen LogP contribution is 2.26. The predicted molar refractivity (Wildman–Crippen MR) is 118 cm³/mol. The number of hydrogen-bond acceptors (Lipinski definition) is 5. The lowest BCUT2D eigenvalue weighted by atomic mass is 10.1. The second-order valence-electron chi connectivity index (χ2n) is 7.10. The van der Waals surface area contributed by atoms with Crippen molar-refractivity contribution in [1.82, 2.24) is 4.98 Å². The molecule has 6 nitrogen and oxygen atoms in total. The number of hydrogen-bond donors (Lipinski definition) is 3. The number of rotatable bonds is 10. The number of nitrogen functional groups attached to an aromatic ring is 1. The van der Waals surface area contributed by atoms with Gasteiger partial charge in [-0.05, 0) is 24.6 Å². The lowest BCUT2D eigenvalue weighted by molar-refractivity contribution is -0.645. The third-order valence-corrected chi connectivity index (χ3v) is 4.87. The molecule has 4 N–H and O–H groups in total. The van der Waals surface area contributed by atoms with Crippen molar-refractivity contribution in [3.8, 4) is 0 Å². The molecule has 2 aromatic carbocycles. The quantitative estimate of drug-likeness (QED) is 0.214.